The molecule has 0 radical (unpaired) electrons. The van der Waals surface area contributed by atoms with Crippen molar-refractivity contribution in [2.75, 3.05) is 17.6 Å². The molecule has 0 aliphatic rings. The standard InChI is InChI=1S/C13H15N5O3/c1-3-15-10-7-11(17-13(14)16-10)21-12-8(2)5-4-6-9(12)18(19)20/h4-7H,3H2,1-2H3,(H3,14,15,16,17). The molecule has 0 unspecified atom stereocenters. The number of aryl methyl sites for hydroxylation is 1. The number of para-hydroxylation sites is 1. The number of aromatic nitrogens is 2. The van der Waals surface area contributed by atoms with E-state index in [4.69, 9.17) is 10.5 Å². The fourth-order valence-corrected chi connectivity index (χ4v) is 1.78. The first-order valence-electron chi connectivity index (χ1n) is 6.31. The SMILES string of the molecule is CCNc1cc(Oc2c(C)cccc2[N+](=O)[O-])nc(N)n1. The second-order valence-corrected chi connectivity index (χ2v) is 4.26. The Morgan fingerprint density at radius 3 is 2.86 bits per heavy atom. The molecule has 8 nitrogen and oxygen atoms in total. The highest BCUT2D eigenvalue weighted by Gasteiger charge is 2.18. The Bertz CT molecular complexity index is 675. The molecule has 0 bridgehead atoms. The number of nitrogens with zero attached hydrogens (tertiary/aromatic N) is 3. The van der Waals surface area contributed by atoms with E-state index in [0.717, 1.165) is 0 Å². The number of hydrogen-bond acceptors (Lipinski definition) is 7. The van der Waals surface area contributed by atoms with Crippen LogP contribution in [0, 0.1) is 17.0 Å². The predicted molar refractivity (Wildman–Crippen MR) is 78.5 cm³/mol. The average Bonchev–Trinajstić information content (AvgIpc) is 2.40. The van der Waals surface area contributed by atoms with Gasteiger partial charge in [-0.3, -0.25) is 10.1 Å². The molecule has 2 aromatic rings. The van der Waals surface area contributed by atoms with Gasteiger partial charge in [0.2, 0.25) is 17.6 Å². The van der Waals surface area contributed by atoms with E-state index in [1.54, 1.807) is 19.1 Å². The van der Waals surface area contributed by atoms with E-state index in [9.17, 15) is 10.1 Å². The molecule has 8 heteroatoms. The van der Waals surface area contributed by atoms with E-state index in [1.165, 1.54) is 12.1 Å². The van der Waals surface area contributed by atoms with Crippen molar-refractivity contribution >= 4 is 17.5 Å². The van der Waals surface area contributed by atoms with Gasteiger partial charge < -0.3 is 15.8 Å². The Morgan fingerprint density at radius 2 is 2.19 bits per heavy atom. The number of nitrogen functional groups attached to an aromatic ring is 1. The molecule has 3 N–H and O–H groups in total. The van der Waals surface area contributed by atoms with Gasteiger partial charge in [-0.25, -0.2) is 0 Å². The summed E-state index contributed by atoms with van der Waals surface area (Å²) in [5.41, 5.74) is 6.11. The molecule has 0 fully saturated rings. The van der Waals surface area contributed by atoms with Gasteiger partial charge in [0.25, 0.3) is 0 Å². The summed E-state index contributed by atoms with van der Waals surface area (Å²) in [5, 5.41) is 14.0. The zero-order valence-corrected chi connectivity index (χ0v) is 11.7. The zero-order valence-electron chi connectivity index (χ0n) is 11.7. The van der Waals surface area contributed by atoms with E-state index in [-0.39, 0.29) is 23.3 Å². The van der Waals surface area contributed by atoms with Crippen LogP contribution in [0.1, 0.15) is 12.5 Å². The molecule has 110 valence electrons. The third kappa shape index (κ3) is 3.35. The van der Waals surface area contributed by atoms with Crippen LogP contribution in [0.2, 0.25) is 0 Å². The lowest BCUT2D eigenvalue weighted by molar-refractivity contribution is -0.385. The molecule has 1 aromatic heterocycles. The molecular formula is C13H15N5O3. The Balaban J connectivity index is 2.40. The lowest BCUT2D eigenvalue weighted by atomic mass is 10.2. The highest BCUT2D eigenvalue weighted by Crippen LogP contribution is 2.34. The van der Waals surface area contributed by atoms with Crippen LogP contribution in [0.15, 0.2) is 24.3 Å². The minimum atomic E-state index is -0.502. The highest BCUT2D eigenvalue weighted by molar-refractivity contribution is 5.53. The Morgan fingerprint density at radius 1 is 1.43 bits per heavy atom. The number of nitrogens with two attached hydrogens (primary N) is 1. The number of benzene rings is 1. The van der Waals surface area contributed by atoms with Gasteiger partial charge >= 0.3 is 5.69 Å². The topological polar surface area (TPSA) is 116 Å². The monoisotopic (exact) mass is 289 g/mol. The van der Waals surface area contributed by atoms with Crippen LogP contribution in [0.5, 0.6) is 11.6 Å². The molecule has 21 heavy (non-hydrogen) atoms. The fourth-order valence-electron chi connectivity index (χ4n) is 1.78. The maximum atomic E-state index is 11.1. The highest BCUT2D eigenvalue weighted by atomic mass is 16.6. The van der Waals surface area contributed by atoms with Gasteiger partial charge in [-0.1, -0.05) is 12.1 Å². The van der Waals surface area contributed by atoms with E-state index in [1.807, 2.05) is 6.92 Å². The second-order valence-electron chi connectivity index (χ2n) is 4.26. The molecule has 0 spiro atoms. The van der Waals surface area contributed by atoms with Crippen LogP contribution >= 0.6 is 0 Å². The normalized spacial score (nSPS) is 10.2. The van der Waals surface area contributed by atoms with E-state index < -0.39 is 4.92 Å². The molecule has 0 amide bonds. The number of hydrogen-bond donors (Lipinski definition) is 2. The third-order valence-corrected chi connectivity index (χ3v) is 2.67. The van der Waals surface area contributed by atoms with Crippen LogP contribution < -0.4 is 15.8 Å². The van der Waals surface area contributed by atoms with Gasteiger partial charge in [0.1, 0.15) is 5.82 Å². The largest absolute Gasteiger partial charge is 0.431 e. The van der Waals surface area contributed by atoms with Crippen molar-refractivity contribution in [1.82, 2.24) is 9.97 Å². The summed E-state index contributed by atoms with van der Waals surface area (Å²) < 4.78 is 5.56. The maximum Gasteiger partial charge on any atom is 0.311 e. The van der Waals surface area contributed by atoms with E-state index in [2.05, 4.69) is 15.3 Å². The van der Waals surface area contributed by atoms with Gasteiger partial charge in [-0.2, -0.15) is 9.97 Å². The summed E-state index contributed by atoms with van der Waals surface area (Å²) in [6.45, 7) is 4.28. The smallest absolute Gasteiger partial charge is 0.311 e. The molecule has 0 aliphatic heterocycles. The van der Waals surface area contributed by atoms with Crippen LogP contribution in [0.25, 0.3) is 0 Å². The first-order chi connectivity index (χ1) is 10.0. The molecule has 0 aliphatic carbocycles. The van der Waals surface area contributed by atoms with Crippen molar-refractivity contribution in [3.8, 4) is 11.6 Å². The minimum Gasteiger partial charge on any atom is -0.431 e. The summed E-state index contributed by atoms with van der Waals surface area (Å²) >= 11 is 0. The maximum absolute atomic E-state index is 11.1. The van der Waals surface area contributed by atoms with Crippen LogP contribution in [0.3, 0.4) is 0 Å². The summed E-state index contributed by atoms with van der Waals surface area (Å²) in [4.78, 5) is 18.5. The number of rotatable bonds is 5. The Hall–Kier alpha value is -2.90. The summed E-state index contributed by atoms with van der Waals surface area (Å²) in [7, 11) is 0. The van der Waals surface area contributed by atoms with Crippen LogP contribution in [-0.2, 0) is 0 Å². The zero-order chi connectivity index (χ0) is 15.4. The third-order valence-electron chi connectivity index (χ3n) is 2.67. The summed E-state index contributed by atoms with van der Waals surface area (Å²) in [5.74, 6) is 0.815. The van der Waals surface area contributed by atoms with E-state index >= 15 is 0 Å². The molecule has 1 heterocycles. The summed E-state index contributed by atoms with van der Waals surface area (Å²) in [6, 6.07) is 6.23. The molecular weight excluding hydrogens is 274 g/mol. The average molecular weight is 289 g/mol. The minimum absolute atomic E-state index is 0.0275. The first-order valence-corrected chi connectivity index (χ1v) is 6.31. The van der Waals surface area contributed by atoms with Crippen molar-refractivity contribution in [2.45, 2.75) is 13.8 Å². The lowest BCUT2D eigenvalue weighted by Gasteiger charge is -2.10. The predicted octanol–water partition coefficient (Wildman–Crippen LogP) is 2.50. The van der Waals surface area contributed by atoms with Crippen molar-refractivity contribution in [3.63, 3.8) is 0 Å². The van der Waals surface area contributed by atoms with E-state index in [0.29, 0.717) is 17.9 Å². The van der Waals surface area contributed by atoms with Gasteiger partial charge in [0.15, 0.2) is 0 Å². The summed E-state index contributed by atoms with van der Waals surface area (Å²) in [6.07, 6.45) is 0. The molecule has 0 saturated heterocycles. The van der Waals surface area contributed by atoms with Crippen molar-refractivity contribution in [1.29, 1.82) is 0 Å². The quantitative estimate of drug-likeness (QED) is 0.641. The Kier molecular flexibility index (Phi) is 4.17. The van der Waals surface area contributed by atoms with Crippen LogP contribution in [-0.4, -0.2) is 21.4 Å². The molecule has 1 aromatic carbocycles. The number of nitrogens with one attached hydrogen (secondary N) is 1. The molecule has 0 saturated carbocycles. The van der Waals surface area contributed by atoms with Crippen molar-refractivity contribution in [3.05, 3.63) is 39.9 Å². The number of nitro groups is 1. The van der Waals surface area contributed by atoms with Gasteiger partial charge in [0.05, 0.1) is 4.92 Å². The van der Waals surface area contributed by atoms with Crippen LogP contribution in [0.4, 0.5) is 17.5 Å². The lowest BCUT2D eigenvalue weighted by Crippen LogP contribution is -2.05. The van der Waals surface area contributed by atoms with Crippen molar-refractivity contribution in [2.24, 2.45) is 0 Å². The second kappa shape index (κ2) is 6.04. The number of nitro benzene ring substituents is 1. The molecule has 2 rings (SSSR count). The van der Waals surface area contributed by atoms with Gasteiger partial charge in [-0.15, -0.1) is 0 Å². The Labute approximate surface area is 121 Å². The van der Waals surface area contributed by atoms with Gasteiger partial charge in [-0.05, 0) is 19.4 Å². The number of anilines is 2. The first kappa shape index (κ1) is 14.5. The molecule has 0 atom stereocenters. The number of ether oxygens (including phenoxy) is 1. The van der Waals surface area contributed by atoms with Crippen molar-refractivity contribution < 1.29 is 9.66 Å². The fraction of sp³-hybridized carbons (Fsp3) is 0.231. The van der Waals surface area contributed by atoms with Gasteiger partial charge in [0, 0.05) is 18.7 Å².